The molecule has 0 N–H and O–H groups in total. The zero-order valence-corrected chi connectivity index (χ0v) is 76.1. The van der Waals surface area contributed by atoms with Crippen LogP contribution in [-0.4, -0.2) is 39.0 Å². The number of pyridine rings is 3. The smallest absolute Gasteiger partial charge is 0.164 e. The van der Waals surface area contributed by atoms with E-state index in [4.69, 9.17) is 29.9 Å². The summed E-state index contributed by atoms with van der Waals surface area (Å²) < 4.78 is 8.66. The second kappa shape index (κ2) is 32.8. The van der Waals surface area contributed by atoms with E-state index in [9.17, 15) is 0 Å². The Morgan fingerprint density at radius 1 is 0.146 bits per heavy atom. The summed E-state index contributed by atoms with van der Waals surface area (Å²) >= 11 is 5.30. The van der Waals surface area contributed by atoms with Crippen LogP contribution in [0.15, 0.2) is 461 Å². The minimum absolute atomic E-state index is 0.641. The topological polar surface area (TPSA) is 87.2 Å². The van der Waals surface area contributed by atoms with Crippen LogP contribution in [0.5, 0.6) is 0 Å². The van der Waals surface area contributed by atoms with Crippen molar-refractivity contribution in [2.75, 3.05) is 0 Å². The van der Waals surface area contributed by atoms with Gasteiger partial charge in [0.15, 0.2) is 17.5 Å². The van der Waals surface area contributed by atoms with E-state index in [1.54, 1.807) is 34.0 Å². The molecule has 0 saturated heterocycles. The number of rotatable bonds is 10. The van der Waals surface area contributed by atoms with Crippen molar-refractivity contribution in [2.45, 2.75) is 0 Å². The molecule has 0 aliphatic carbocycles. The van der Waals surface area contributed by atoms with Crippen molar-refractivity contribution in [3.63, 3.8) is 0 Å². The summed E-state index contributed by atoms with van der Waals surface area (Å²) in [5.74, 6) is 1.95. The van der Waals surface area contributed by atoms with Crippen LogP contribution in [-0.2, 0) is 0 Å². The van der Waals surface area contributed by atoms with Crippen LogP contribution in [0.25, 0.3) is 271 Å². The zero-order valence-electron chi connectivity index (χ0n) is 73.7. The monoisotopic (exact) mass is 1800 g/mol. The fourth-order valence-corrected chi connectivity index (χ4v) is 24.2. The van der Waals surface area contributed by atoms with Crippen LogP contribution in [0.1, 0.15) is 0 Å². The highest BCUT2D eigenvalue weighted by molar-refractivity contribution is 7.26. The number of benzene rings is 20. The highest BCUT2D eigenvalue weighted by atomic mass is 32.1. The molecular formula is C126H76N8S3. The molecule has 0 atom stereocenters. The molecule has 0 bridgehead atoms. The first kappa shape index (κ1) is 79.4. The summed E-state index contributed by atoms with van der Waals surface area (Å²) in [5.41, 5.74) is 20.9. The second-order valence-electron chi connectivity index (χ2n) is 35.0. The number of para-hydroxylation sites is 4. The molecule has 9 aromatic heterocycles. The van der Waals surface area contributed by atoms with Gasteiger partial charge < -0.3 is 9.13 Å². The average molecular weight is 1800 g/mol. The Balaban J connectivity index is 0.000000106. The molecule has 0 unspecified atom stereocenters. The molecule has 0 saturated carbocycles. The molecule has 0 aliphatic rings. The normalized spacial score (nSPS) is 11.8. The van der Waals surface area contributed by atoms with Crippen LogP contribution >= 0.6 is 34.0 Å². The van der Waals surface area contributed by atoms with Crippen molar-refractivity contribution in [2.24, 2.45) is 0 Å². The van der Waals surface area contributed by atoms with Gasteiger partial charge in [-0.15, -0.1) is 34.0 Å². The third-order valence-electron chi connectivity index (χ3n) is 27.1. The molecule has 20 aromatic carbocycles. The molecule has 0 spiro atoms. The predicted molar refractivity (Wildman–Crippen MR) is 582 cm³/mol. The largest absolute Gasteiger partial charge is 0.309 e. The fraction of sp³-hybridized carbons (Fsp3) is 0. The summed E-state index contributed by atoms with van der Waals surface area (Å²) in [6, 6.07) is 165. The van der Waals surface area contributed by atoms with Crippen molar-refractivity contribution >= 4 is 203 Å². The molecule has 0 fully saturated rings. The Morgan fingerprint density at radius 2 is 0.401 bits per heavy atom. The quantitative estimate of drug-likeness (QED) is 0.127. The van der Waals surface area contributed by atoms with E-state index in [1.165, 1.54) is 160 Å². The van der Waals surface area contributed by atoms with Gasteiger partial charge >= 0.3 is 0 Å². The van der Waals surface area contributed by atoms with Crippen LogP contribution in [0, 0.1) is 0 Å². The maximum atomic E-state index is 5.41. The minimum Gasteiger partial charge on any atom is -0.309 e. The molecule has 0 aliphatic heterocycles. The Morgan fingerprint density at radius 3 is 0.781 bits per heavy atom. The average Bonchev–Trinajstić information content (AvgIpc) is 0.772. The molecule has 29 aromatic rings. The van der Waals surface area contributed by atoms with Gasteiger partial charge in [0.2, 0.25) is 0 Å². The summed E-state index contributed by atoms with van der Waals surface area (Å²) in [6.45, 7) is 0. The van der Waals surface area contributed by atoms with Crippen LogP contribution < -0.4 is 0 Å². The van der Waals surface area contributed by atoms with Gasteiger partial charge in [-0.2, -0.15) is 0 Å². The van der Waals surface area contributed by atoms with Crippen molar-refractivity contribution < 1.29 is 0 Å². The molecule has 11 heteroatoms. The number of fused-ring (bicyclic) bond motifs is 27. The lowest BCUT2D eigenvalue weighted by Crippen LogP contribution is -2.00. The number of aromatic nitrogens is 8. The van der Waals surface area contributed by atoms with Gasteiger partial charge in [0.25, 0.3) is 0 Å². The molecule has 0 amide bonds. The van der Waals surface area contributed by atoms with E-state index in [0.29, 0.717) is 17.5 Å². The standard InChI is InChI=1S/C51H31N3S.C39H23NS.C36H22N4S/c1-2-21-42-41(20-1)49-43-22-7-12-27-48(43)55-51(49)52-50(42)33-15-13-14-32(28-33)34-29-35(53-44-23-8-3-16-37(44)38-17-4-9-24-45(38)53)31-36(30-34)54-46-25-10-5-18-39(46)40-19-6-11-26-47(40)54;1-2-14-29-27(12-1)28-13-3-4-15-30(28)35-23-25(20-21-31(29)35)24-10-9-11-26(22-24)38-33-17-6-5-16-32(33)37-34-18-7-8-19-36(34)41-39(37)40-38;1-3-11-24(12-4-1)33-38-34(25-13-5-2-6-14-25)40-35(39-33)26-21-19-23(20-22-26)32-28-16-8-7-15-27(28)31-29-17-9-10-18-30(29)41-36(31)37-32/h1-31H;1-23H;1-22H. The summed E-state index contributed by atoms with van der Waals surface area (Å²) in [7, 11) is 0. The van der Waals surface area contributed by atoms with Crippen molar-refractivity contribution in [3.05, 3.63) is 461 Å². The molecular weight excluding hydrogens is 1720 g/mol. The lowest BCUT2D eigenvalue weighted by molar-refractivity contribution is 1.07. The Kier molecular flexibility index (Phi) is 19.0. The summed E-state index contributed by atoms with van der Waals surface area (Å²) in [4.78, 5) is 33.7. The number of hydrogen-bond acceptors (Lipinski definition) is 9. The van der Waals surface area contributed by atoms with Gasteiger partial charge in [0.1, 0.15) is 14.5 Å². The first-order valence-corrected chi connectivity index (χ1v) is 48.6. The first-order chi connectivity index (χ1) is 67.9. The summed E-state index contributed by atoms with van der Waals surface area (Å²) in [6.07, 6.45) is 0. The van der Waals surface area contributed by atoms with Gasteiger partial charge in [0, 0.05) is 129 Å². The van der Waals surface area contributed by atoms with E-state index < -0.39 is 0 Å². The van der Waals surface area contributed by atoms with E-state index in [-0.39, 0.29) is 0 Å². The van der Waals surface area contributed by atoms with Crippen molar-refractivity contribution in [3.8, 4) is 102 Å². The Labute approximate surface area is 798 Å². The highest BCUT2D eigenvalue weighted by Crippen LogP contribution is 2.48. The predicted octanol–water partition coefficient (Wildman–Crippen LogP) is 35.0. The van der Waals surface area contributed by atoms with E-state index in [2.05, 4.69) is 410 Å². The Bertz CT molecular complexity index is 9630. The zero-order chi connectivity index (χ0) is 90.1. The van der Waals surface area contributed by atoms with E-state index in [0.717, 1.165) is 92.8 Å². The van der Waals surface area contributed by atoms with E-state index >= 15 is 0 Å². The first-order valence-electron chi connectivity index (χ1n) is 46.2. The maximum absolute atomic E-state index is 5.41. The molecule has 638 valence electrons. The third-order valence-corrected chi connectivity index (χ3v) is 30.3. The van der Waals surface area contributed by atoms with Gasteiger partial charge in [-0.05, 0) is 150 Å². The van der Waals surface area contributed by atoms with Crippen LogP contribution in [0.3, 0.4) is 0 Å². The van der Waals surface area contributed by atoms with Crippen LogP contribution in [0.4, 0.5) is 0 Å². The minimum atomic E-state index is 0.641. The molecule has 137 heavy (non-hydrogen) atoms. The lowest BCUT2D eigenvalue weighted by atomic mass is 9.91. The molecule has 29 rings (SSSR count). The number of thiophene rings is 3. The highest BCUT2D eigenvalue weighted by Gasteiger charge is 2.24. The van der Waals surface area contributed by atoms with Gasteiger partial charge in [-0.3, -0.25) is 0 Å². The third kappa shape index (κ3) is 13.5. The van der Waals surface area contributed by atoms with Crippen LogP contribution in [0.2, 0.25) is 0 Å². The summed E-state index contributed by atoms with van der Waals surface area (Å²) in [5, 5.41) is 27.6. The maximum Gasteiger partial charge on any atom is 0.164 e. The van der Waals surface area contributed by atoms with Crippen molar-refractivity contribution in [1.82, 2.24) is 39.0 Å². The SMILES string of the molecule is c1cc(-c2cc(-n3c4ccccc4c4ccccc43)cc(-n3c4ccccc4c4ccccc43)c2)cc(-c2nc3sc4ccccc4c3c3ccccc23)c1.c1cc(-c2ccc3c4ccccc4c4ccccc4c3c2)cc(-c2nc3sc4ccccc4c3c3ccccc23)c1.c1ccc(-c2nc(-c3ccccc3)nc(-c3ccc(-c4nc5sc6ccccc6c5c5ccccc45)cc3)n2)cc1. The number of hydrogen-bond donors (Lipinski definition) is 0. The lowest BCUT2D eigenvalue weighted by Gasteiger charge is -2.16. The van der Waals surface area contributed by atoms with Gasteiger partial charge in [-0.25, -0.2) is 29.9 Å². The fourth-order valence-electron chi connectivity index (χ4n) is 20.9. The van der Waals surface area contributed by atoms with Gasteiger partial charge in [-0.1, -0.05) is 382 Å². The van der Waals surface area contributed by atoms with Gasteiger partial charge in [0.05, 0.1) is 39.1 Å². The second-order valence-corrected chi connectivity index (χ2v) is 38.1. The van der Waals surface area contributed by atoms with E-state index in [1.807, 2.05) is 60.7 Å². The molecule has 9 heterocycles. The van der Waals surface area contributed by atoms with Crippen molar-refractivity contribution in [1.29, 1.82) is 0 Å². The molecule has 8 nitrogen and oxygen atoms in total. The number of nitrogens with zero attached hydrogens (tertiary/aromatic N) is 8. The Hall–Kier alpha value is -17.3. The molecule has 0 radical (unpaired) electrons.